The van der Waals surface area contributed by atoms with E-state index in [2.05, 4.69) is 4.72 Å². The molecule has 1 N–H and O–H groups in total. The minimum absolute atomic E-state index is 0.0366. The standard InChI is InChI=1S/C13H21NO2S/c1-10(2)12(4)14-17(15,16)9-13-7-5-11(3)6-8-13/h5-8,10,12,14H,9H2,1-4H3/t12-/m1/s1. The number of nitrogens with one attached hydrogen (secondary N) is 1. The predicted octanol–water partition coefficient (Wildman–Crippen LogP) is 2.46. The van der Waals surface area contributed by atoms with Crippen LogP contribution in [-0.4, -0.2) is 14.5 Å². The van der Waals surface area contributed by atoms with Crippen molar-refractivity contribution in [3.8, 4) is 0 Å². The van der Waals surface area contributed by atoms with E-state index >= 15 is 0 Å². The van der Waals surface area contributed by atoms with Gasteiger partial charge in [-0.15, -0.1) is 0 Å². The lowest BCUT2D eigenvalue weighted by Gasteiger charge is -2.17. The van der Waals surface area contributed by atoms with Gasteiger partial charge in [0.1, 0.15) is 0 Å². The lowest BCUT2D eigenvalue weighted by molar-refractivity contribution is 0.476. The topological polar surface area (TPSA) is 46.2 Å². The monoisotopic (exact) mass is 255 g/mol. The molecule has 0 aliphatic carbocycles. The Labute approximate surface area is 104 Å². The molecule has 0 spiro atoms. The van der Waals surface area contributed by atoms with Gasteiger partial charge in [0.05, 0.1) is 5.75 Å². The largest absolute Gasteiger partial charge is 0.216 e. The van der Waals surface area contributed by atoms with Crippen molar-refractivity contribution in [2.75, 3.05) is 0 Å². The fraction of sp³-hybridized carbons (Fsp3) is 0.538. The number of hydrogen-bond acceptors (Lipinski definition) is 2. The molecule has 0 saturated carbocycles. The van der Waals surface area contributed by atoms with E-state index in [-0.39, 0.29) is 11.8 Å². The number of sulfonamides is 1. The van der Waals surface area contributed by atoms with Gasteiger partial charge in [-0.1, -0.05) is 43.7 Å². The van der Waals surface area contributed by atoms with Gasteiger partial charge in [0.2, 0.25) is 10.0 Å². The lowest BCUT2D eigenvalue weighted by Crippen LogP contribution is -2.36. The first kappa shape index (κ1) is 14.2. The third-order valence-corrected chi connectivity index (χ3v) is 4.29. The van der Waals surface area contributed by atoms with Crippen LogP contribution in [-0.2, 0) is 15.8 Å². The highest BCUT2D eigenvalue weighted by Crippen LogP contribution is 2.09. The Morgan fingerprint density at radius 2 is 1.65 bits per heavy atom. The van der Waals surface area contributed by atoms with Gasteiger partial charge in [0.15, 0.2) is 0 Å². The highest BCUT2D eigenvalue weighted by atomic mass is 32.2. The predicted molar refractivity (Wildman–Crippen MR) is 71.2 cm³/mol. The molecule has 17 heavy (non-hydrogen) atoms. The molecule has 0 radical (unpaired) electrons. The van der Waals surface area contributed by atoms with Crippen LogP contribution < -0.4 is 4.72 Å². The Balaban J connectivity index is 2.70. The number of benzene rings is 1. The van der Waals surface area contributed by atoms with Crippen molar-refractivity contribution in [3.05, 3.63) is 35.4 Å². The van der Waals surface area contributed by atoms with Crippen LogP contribution in [0.4, 0.5) is 0 Å². The van der Waals surface area contributed by atoms with Crippen molar-refractivity contribution in [1.29, 1.82) is 0 Å². The third-order valence-electron chi connectivity index (χ3n) is 2.84. The molecule has 0 aromatic heterocycles. The Morgan fingerprint density at radius 3 is 2.12 bits per heavy atom. The van der Waals surface area contributed by atoms with E-state index in [1.165, 1.54) is 0 Å². The first-order valence-electron chi connectivity index (χ1n) is 5.86. The van der Waals surface area contributed by atoms with Gasteiger partial charge < -0.3 is 0 Å². The second-order valence-corrected chi connectivity index (χ2v) is 6.65. The van der Waals surface area contributed by atoms with Crippen LogP contribution in [0.3, 0.4) is 0 Å². The molecule has 1 aromatic rings. The van der Waals surface area contributed by atoms with Crippen LogP contribution in [0, 0.1) is 12.8 Å². The molecule has 0 fully saturated rings. The molecule has 1 aromatic carbocycles. The van der Waals surface area contributed by atoms with E-state index < -0.39 is 10.0 Å². The Morgan fingerprint density at radius 1 is 1.12 bits per heavy atom. The molecule has 0 bridgehead atoms. The fourth-order valence-corrected chi connectivity index (χ4v) is 2.92. The van der Waals surface area contributed by atoms with Gasteiger partial charge in [-0.05, 0) is 25.3 Å². The second kappa shape index (κ2) is 5.65. The van der Waals surface area contributed by atoms with Gasteiger partial charge >= 0.3 is 0 Å². The van der Waals surface area contributed by atoms with Crippen LogP contribution in [0.25, 0.3) is 0 Å². The highest BCUT2D eigenvalue weighted by Gasteiger charge is 2.17. The van der Waals surface area contributed by atoms with Crippen LogP contribution in [0.1, 0.15) is 31.9 Å². The summed E-state index contributed by atoms with van der Waals surface area (Å²) in [5, 5.41) is 0. The van der Waals surface area contributed by atoms with E-state index in [1.54, 1.807) is 0 Å². The zero-order valence-corrected chi connectivity index (χ0v) is 11.7. The number of rotatable bonds is 5. The summed E-state index contributed by atoms with van der Waals surface area (Å²) >= 11 is 0. The molecular formula is C13H21NO2S. The van der Waals surface area contributed by atoms with E-state index in [9.17, 15) is 8.42 Å². The quantitative estimate of drug-likeness (QED) is 0.878. The first-order valence-corrected chi connectivity index (χ1v) is 7.51. The van der Waals surface area contributed by atoms with Crippen molar-refractivity contribution < 1.29 is 8.42 Å². The summed E-state index contributed by atoms with van der Waals surface area (Å²) in [7, 11) is -3.24. The minimum Gasteiger partial charge on any atom is -0.212 e. The average Bonchev–Trinajstić information content (AvgIpc) is 2.20. The molecule has 3 nitrogen and oxygen atoms in total. The minimum atomic E-state index is -3.24. The smallest absolute Gasteiger partial charge is 0.212 e. The first-order chi connectivity index (χ1) is 7.80. The molecule has 0 amide bonds. The van der Waals surface area contributed by atoms with Crippen molar-refractivity contribution in [2.24, 2.45) is 5.92 Å². The molecule has 0 saturated heterocycles. The summed E-state index contributed by atoms with van der Waals surface area (Å²) in [5.41, 5.74) is 1.95. The second-order valence-electron chi connectivity index (χ2n) is 4.90. The maximum Gasteiger partial charge on any atom is 0.216 e. The number of hydrogen-bond donors (Lipinski definition) is 1. The summed E-state index contributed by atoms with van der Waals surface area (Å²) in [6.07, 6.45) is 0. The number of aryl methyl sites for hydroxylation is 1. The van der Waals surface area contributed by atoms with Gasteiger partial charge in [-0.3, -0.25) is 0 Å². The molecule has 0 aliphatic heterocycles. The van der Waals surface area contributed by atoms with E-state index in [1.807, 2.05) is 52.0 Å². The molecule has 1 atom stereocenters. The van der Waals surface area contributed by atoms with Crippen LogP contribution in [0.5, 0.6) is 0 Å². The molecule has 0 aliphatic rings. The summed E-state index contributed by atoms with van der Waals surface area (Å²) in [5.74, 6) is 0.340. The van der Waals surface area contributed by atoms with E-state index in [0.29, 0.717) is 5.92 Å². The summed E-state index contributed by atoms with van der Waals surface area (Å²) in [6, 6.07) is 7.53. The zero-order chi connectivity index (χ0) is 13.1. The van der Waals surface area contributed by atoms with Gasteiger partial charge in [-0.25, -0.2) is 13.1 Å². The third kappa shape index (κ3) is 4.88. The fourth-order valence-electron chi connectivity index (χ4n) is 1.36. The SMILES string of the molecule is Cc1ccc(CS(=O)(=O)N[C@H](C)C(C)C)cc1. The van der Waals surface area contributed by atoms with Crippen molar-refractivity contribution in [1.82, 2.24) is 4.72 Å². The summed E-state index contributed by atoms with van der Waals surface area (Å²) in [6.45, 7) is 7.87. The maximum atomic E-state index is 11.9. The molecule has 96 valence electrons. The maximum absolute atomic E-state index is 11.9. The van der Waals surface area contributed by atoms with Crippen LogP contribution in [0.2, 0.25) is 0 Å². The summed E-state index contributed by atoms with van der Waals surface area (Å²) < 4.78 is 26.5. The Hall–Kier alpha value is -0.870. The molecular weight excluding hydrogens is 234 g/mol. The average molecular weight is 255 g/mol. The van der Waals surface area contributed by atoms with Gasteiger partial charge in [0, 0.05) is 6.04 Å². The van der Waals surface area contributed by atoms with Gasteiger partial charge in [0.25, 0.3) is 0 Å². The van der Waals surface area contributed by atoms with Crippen LogP contribution >= 0.6 is 0 Å². The zero-order valence-electron chi connectivity index (χ0n) is 10.9. The molecule has 0 heterocycles. The molecule has 4 heteroatoms. The van der Waals surface area contributed by atoms with Crippen LogP contribution in [0.15, 0.2) is 24.3 Å². The Kier molecular flexibility index (Phi) is 4.71. The van der Waals surface area contributed by atoms with Crippen molar-refractivity contribution in [2.45, 2.75) is 39.5 Å². The lowest BCUT2D eigenvalue weighted by atomic mass is 10.1. The van der Waals surface area contributed by atoms with Crippen molar-refractivity contribution in [3.63, 3.8) is 0 Å². The van der Waals surface area contributed by atoms with E-state index in [4.69, 9.17) is 0 Å². The van der Waals surface area contributed by atoms with Crippen molar-refractivity contribution >= 4 is 10.0 Å². The molecule has 0 unspecified atom stereocenters. The summed E-state index contributed by atoms with van der Waals surface area (Å²) in [4.78, 5) is 0. The Bertz CT molecular complexity index is 449. The highest BCUT2D eigenvalue weighted by molar-refractivity contribution is 7.88. The normalized spacial score (nSPS) is 13.9. The van der Waals surface area contributed by atoms with Gasteiger partial charge in [-0.2, -0.15) is 0 Å². The van der Waals surface area contributed by atoms with E-state index in [0.717, 1.165) is 11.1 Å². The molecule has 1 rings (SSSR count).